The normalized spacial score (nSPS) is 14.4. The number of aliphatic hydroxyl groups is 2. The van der Waals surface area contributed by atoms with Crippen molar-refractivity contribution in [1.82, 2.24) is 4.98 Å². The minimum atomic E-state index is -1.08. The van der Waals surface area contributed by atoms with E-state index >= 15 is 0 Å². The van der Waals surface area contributed by atoms with Crippen LogP contribution in [0.3, 0.4) is 0 Å². The second kappa shape index (κ2) is 5.83. The highest BCUT2D eigenvalue weighted by atomic mass is 32.1. The van der Waals surface area contributed by atoms with Gasteiger partial charge in [0, 0.05) is 18.0 Å². The standard InChI is InChI=1S/C10H14N2O3S/c11-10(15)7-3-6(4-12-5-7)9(14)8(13)1-2-16/h3-5,8-9,13-14,16H,1-2H2,(H2,11,15). The molecule has 0 bridgehead atoms. The maximum Gasteiger partial charge on any atom is 0.250 e. The molecule has 1 aromatic heterocycles. The number of hydrogen-bond donors (Lipinski definition) is 4. The zero-order valence-electron chi connectivity index (χ0n) is 8.58. The van der Waals surface area contributed by atoms with Crippen LogP contribution in [0.2, 0.25) is 0 Å². The van der Waals surface area contributed by atoms with Gasteiger partial charge in [-0.15, -0.1) is 0 Å². The molecule has 1 amide bonds. The minimum Gasteiger partial charge on any atom is -0.390 e. The Morgan fingerprint density at radius 1 is 1.50 bits per heavy atom. The Bertz CT molecular complexity index is 373. The molecule has 1 rings (SSSR count). The number of carbonyl (C=O) groups excluding carboxylic acids is 1. The molecule has 0 aliphatic carbocycles. The summed E-state index contributed by atoms with van der Waals surface area (Å²) in [7, 11) is 0. The van der Waals surface area contributed by atoms with Crippen LogP contribution in [-0.4, -0.2) is 33.0 Å². The molecule has 0 saturated heterocycles. The second-order valence-corrected chi connectivity index (χ2v) is 3.84. The van der Waals surface area contributed by atoms with Crippen molar-refractivity contribution >= 4 is 18.5 Å². The van der Waals surface area contributed by atoms with E-state index in [0.717, 1.165) is 0 Å². The van der Waals surface area contributed by atoms with Crippen molar-refractivity contribution in [3.05, 3.63) is 29.6 Å². The molecule has 1 heterocycles. The summed E-state index contributed by atoms with van der Waals surface area (Å²) in [4.78, 5) is 14.7. The number of primary amides is 1. The quantitative estimate of drug-likeness (QED) is 0.542. The molecule has 16 heavy (non-hydrogen) atoms. The van der Waals surface area contributed by atoms with Gasteiger partial charge >= 0.3 is 0 Å². The first-order valence-corrected chi connectivity index (χ1v) is 5.41. The number of aromatic nitrogens is 1. The molecule has 0 aliphatic rings. The summed E-state index contributed by atoms with van der Waals surface area (Å²) in [6, 6.07) is 1.42. The third kappa shape index (κ3) is 3.19. The summed E-state index contributed by atoms with van der Waals surface area (Å²) < 4.78 is 0. The molecular formula is C10H14N2O3S. The highest BCUT2D eigenvalue weighted by molar-refractivity contribution is 7.80. The molecule has 2 atom stereocenters. The highest BCUT2D eigenvalue weighted by Gasteiger charge is 2.18. The van der Waals surface area contributed by atoms with E-state index in [2.05, 4.69) is 17.6 Å². The van der Waals surface area contributed by atoms with E-state index in [1.165, 1.54) is 18.5 Å². The largest absolute Gasteiger partial charge is 0.390 e. The predicted molar refractivity (Wildman–Crippen MR) is 62.2 cm³/mol. The first-order chi connectivity index (χ1) is 7.56. The van der Waals surface area contributed by atoms with Crippen molar-refractivity contribution in [3.63, 3.8) is 0 Å². The number of carbonyl (C=O) groups is 1. The van der Waals surface area contributed by atoms with E-state index in [0.29, 0.717) is 17.7 Å². The number of nitrogens with two attached hydrogens (primary N) is 1. The summed E-state index contributed by atoms with van der Waals surface area (Å²) in [6.45, 7) is 0. The maximum absolute atomic E-state index is 10.9. The molecule has 0 aromatic carbocycles. The zero-order chi connectivity index (χ0) is 12.1. The SMILES string of the molecule is NC(=O)c1cncc(C(O)C(O)CCS)c1. The van der Waals surface area contributed by atoms with Gasteiger partial charge in [0.1, 0.15) is 6.10 Å². The summed E-state index contributed by atoms with van der Waals surface area (Å²) >= 11 is 3.96. The second-order valence-electron chi connectivity index (χ2n) is 3.40. The van der Waals surface area contributed by atoms with Crippen molar-refractivity contribution in [1.29, 1.82) is 0 Å². The third-order valence-electron chi connectivity index (χ3n) is 2.17. The van der Waals surface area contributed by atoms with Gasteiger partial charge in [0.15, 0.2) is 0 Å². The Balaban J connectivity index is 2.86. The smallest absolute Gasteiger partial charge is 0.250 e. The first-order valence-electron chi connectivity index (χ1n) is 4.78. The van der Waals surface area contributed by atoms with E-state index in [9.17, 15) is 15.0 Å². The highest BCUT2D eigenvalue weighted by Crippen LogP contribution is 2.19. The maximum atomic E-state index is 10.9. The number of nitrogens with zero attached hydrogens (tertiary/aromatic N) is 1. The molecular weight excluding hydrogens is 228 g/mol. The molecule has 1 aromatic rings. The summed E-state index contributed by atoms with van der Waals surface area (Å²) in [5, 5.41) is 19.3. The van der Waals surface area contributed by atoms with E-state index in [1.54, 1.807) is 0 Å². The van der Waals surface area contributed by atoms with E-state index in [1.807, 2.05) is 0 Å². The van der Waals surface area contributed by atoms with E-state index in [4.69, 9.17) is 5.73 Å². The predicted octanol–water partition coefficient (Wildman–Crippen LogP) is -0.105. The molecule has 4 N–H and O–H groups in total. The van der Waals surface area contributed by atoms with Crippen molar-refractivity contribution in [2.24, 2.45) is 5.73 Å². The number of hydrogen-bond acceptors (Lipinski definition) is 5. The fraction of sp³-hybridized carbons (Fsp3) is 0.400. The van der Waals surface area contributed by atoms with Gasteiger partial charge in [-0.3, -0.25) is 9.78 Å². The van der Waals surface area contributed by atoms with Crippen LogP contribution in [0, 0.1) is 0 Å². The number of amides is 1. The molecule has 5 nitrogen and oxygen atoms in total. The molecule has 0 saturated carbocycles. The van der Waals surface area contributed by atoms with Crippen LogP contribution in [0.1, 0.15) is 28.4 Å². The Labute approximate surface area is 98.7 Å². The Morgan fingerprint density at radius 2 is 2.19 bits per heavy atom. The zero-order valence-corrected chi connectivity index (χ0v) is 9.47. The van der Waals surface area contributed by atoms with Gasteiger partial charge in [-0.2, -0.15) is 12.6 Å². The van der Waals surface area contributed by atoms with Crippen LogP contribution < -0.4 is 5.73 Å². The topological polar surface area (TPSA) is 96.4 Å². The van der Waals surface area contributed by atoms with Gasteiger partial charge in [0.2, 0.25) is 5.91 Å². The Kier molecular flexibility index (Phi) is 4.72. The lowest BCUT2D eigenvalue weighted by Gasteiger charge is -2.17. The fourth-order valence-electron chi connectivity index (χ4n) is 1.27. The Morgan fingerprint density at radius 3 is 2.75 bits per heavy atom. The molecule has 88 valence electrons. The van der Waals surface area contributed by atoms with Crippen LogP contribution >= 0.6 is 12.6 Å². The van der Waals surface area contributed by atoms with Crippen LogP contribution in [0.25, 0.3) is 0 Å². The van der Waals surface area contributed by atoms with Crippen molar-refractivity contribution < 1.29 is 15.0 Å². The van der Waals surface area contributed by atoms with Crippen LogP contribution in [0.5, 0.6) is 0 Å². The van der Waals surface area contributed by atoms with Crippen molar-refractivity contribution in [2.75, 3.05) is 5.75 Å². The molecule has 2 unspecified atom stereocenters. The van der Waals surface area contributed by atoms with E-state index in [-0.39, 0.29) is 5.56 Å². The number of aliphatic hydroxyl groups excluding tert-OH is 2. The fourth-order valence-corrected chi connectivity index (χ4v) is 1.53. The molecule has 0 spiro atoms. The van der Waals surface area contributed by atoms with E-state index < -0.39 is 18.1 Å². The van der Waals surface area contributed by atoms with Gasteiger partial charge in [0.25, 0.3) is 0 Å². The third-order valence-corrected chi connectivity index (χ3v) is 2.43. The van der Waals surface area contributed by atoms with Gasteiger partial charge < -0.3 is 15.9 Å². The molecule has 6 heteroatoms. The van der Waals surface area contributed by atoms with Crippen LogP contribution in [0.15, 0.2) is 18.5 Å². The molecule has 0 radical (unpaired) electrons. The molecule has 0 fully saturated rings. The summed E-state index contributed by atoms with van der Waals surface area (Å²) in [5.74, 6) is -0.161. The van der Waals surface area contributed by atoms with Crippen LogP contribution in [0.4, 0.5) is 0 Å². The first kappa shape index (κ1) is 13.0. The van der Waals surface area contributed by atoms with Gasteiger partial charge in [0.05, 0.1) is 11.7 Å². The lowest BCUT2D eigenvalue weighted by atomic mass is 10.0. The van der Waals surface area contributed by atoms with Gasteiger partial charge in [-0.1, -0.05) is 0 Å². The van der Waals surface area contributed by atoms with Gasteiger partial charge in [-0.25, -0.2) is 0 Å². The lowest BCUT2D eigenvalue weighted by Crippen LogP contribution is -2.20. The number of rotatable bonds is 5. The average molecular weight is 242 g/mol. The molecule has 0 aliphatic heterocycles. The number of pyridine rings is 1. The average Bonchev–Trinajstić information content (AvgIpc) is 2.28. The van der Waals surface area contributed by atoms with Crippen LogP contribution in [-0.2, 0) is 0 Å². The lowest BCUT2D eigenvalue weighted by molar-refractivity contribution is 0.0170. The minimum absolute atomic E-state index is 0.203. The van der Waals surface area contributed by atoms with Crippen molar-refractivity contribution in [3.8, 4) is 0 Å². The Hall–Kier alpha value is -1.11. The summed E-state index contributed by atoms with van der Waals surface area (Å²) in [6.07, 6.45) is 1.04. The van der Waals surface area contributed by atoms with Crippen molar-refractivity contribution in [2.45, 2.75) is 18.6 Å². The summed E-state index contributed by atoms with van der Waals surface area (Å²) in [5.41, 5.74) is 5.65. The van der Waals surface area contributed by atoms with Gasteiger partial charge in [-0.05, 0) is 18.2 Å². The monoisotopic (exact) mass is 242 g/mol. The number of thiol groups is 1.